The molecule has 0 radical (unpaired) electrons. The van der Waals surface area contributed by atoms with Gasteiger partial charge in [-0.3, -0.25) is 13.9 Å². The molecule has 0 aliphatic heterocycles. The van der Waals surface area contributed by atoms with E-state index in [-0.39, 0.29) is 34.7 Å². The molecule has 0 fully saturated rings. The van der Waals surface area contributed by atoms with Crippen molar-refractivity contribution in [3.63, 3.8) is 0 Å². The average molecular weight is 646 g/mol. The fourth-order valence-corrected chi connectivity index (χ4v) is 5.89. The van der Waals surface area contributed by atoms with Gasteiger partial charge in [0.15, 0.2) is 11.5 Å². The average Bonchev–Trinajstić information content (AvgIpc) is 3.01. The van der Waals surface area contributed by atoms with Crippen LogP contribution in [-0.4, -0.2) is 65.1 Å². The summed E-state index contributed by atoms with van der Waals surface area (Å²) < 4.78 is 45.5. The van der Waals surface area contributed by atoms with Crippen LogP contribution < -0.4 is 23.8 Å². The van der Waals surface area contributed by atoms with Gasteiger partial charge < -0.3 is 24.4 Å². The maximum absolute atomic E-state index is 14.2. The summed E-state index contributed by atoms with van der Waals surface area (Å²) in [5, 5.41) is 3.39. The molecule has 0 aliphatic carbocycles. The van der Waals surface area contributed by atoms with Gasteiger partial charge in [-0.05, 0) is 73.9 Å². The number of nitrogens with zero attached hydrogens (tertiary/aromatic N) is 2. The number of rotatable bonds is 15. The number of carbonyl (C=O) groups excluding carboxylic acids is 2. The van der Waals surface area contributed by atoms with Gasteiger partial charge >= 0.3 is 0 Å². The van der Waals surface area contributed by atoms with Crippen LogP contribution in [0, 0.1) is 5.92 Å². The second-order valence-electron chi connectivity index (χ2n) is 10.4. The number of benzene rings is 3. The zero-order valence-electron chi connectivity index (χ0n) is 25.9. The van der Waals surface area contributed by atoms with Crippen molar-refractivity contribution in [2.24, 2.45) is 5.92 Å². The molecule has 44 heavy (non-hydrogen) atoms. The van der Waals surface area contributed by atoms with E-state index in [1.54, 1.807) is 55.5 Å². The quantitative estimate of drug-likeness (QED) is 0.243. The van der Waals surface area contributed by atoms with Crippen LogP contribution in [0.4, 0.5) is 5.69 Å². The van der Waals surface area contributed by atoms with Crippen molar-refractivity contribution < 1.29 is 32.2 Å². The van der Waals surface area contributed by atoms with Crippen LogP contribution in [0.15, 0.2) is 71.6 Å². The third-order valence-electron chi connectivity index (χ3n) is 6.78. The van der Waals surface area contributed by atoms with E-state index in [4.69, 9.17) is 25.8 Å². The number of ether oxygens (including phenoxy) is 3. The zero-order valence-corrected chi connectivity index (χ0v) is 27.4. The third-order valence-corrected chi connectivity index (χ3v) is 8.80. The number of sulfonamides is 1. The lowest BCUT2D eigenvalue weighted by atomic mass is 10.1. The molecular weight excluding hydrogens is 606 g/mol. The molecule has 0 aromatic heterocycles. The van der Waals surface area contributed by atoms with E-state index in [2.05, 4.69) is 5.32 Å². The van der Waals surface area contributed by atoms with E-state index in [1.807, 2.05) is 20.8 Å². The molecule has 10 nitrogen and oxygen atoms in total. The Kier molecular flexibility index (Phi) is 12.3. The summed E-state index contributed by atoms with van der Waals surface area (Å²) in [5.41, 5.74) is 0.960. The van der Waals surface area contributed by atoms with Crippen molar-refractivity contribution in [3.05, 3.63) is 77.3 Å². The van der Waals surface area contributed by atoms with Gasteiger partial charge in [0.1, 0.15) is 18.3 Å². The largest absolute Gasteiger partial charge is 0.494 e. The summed E-state index contributed by atoms with van der Waals surface area (Å²) in [7, 11) is -1.47. The van der Waals surface area contributed by atoms with Crippen molar-refractivity contribution in [3.8, 4) is 17.2 Å². The second-order valence-corrected chi connectivity index (χ2v) is 12.7. The molecule has 1 N–H and O–H groups in total. The Morgan fingerprint density at radius 1 is 0.909 bits per heavy atom. The zero-order chi connectivity index (χ0) is 32.4. The predicted octanol–water partition coefficient (Wildman–Crippen LogP) is 5.14. The van der Waals surface area contributed by atoms with E-state index in [0.717, 1.165) is 9.87 Å². The van der Waals surface area contributed by atoms with Crippen molar-refractivity contribution in [1.29, 1.82) is 0 Å². The number of carbonyl (C=O) groups is 2. The maximum atomic E-state index is 14.2. The van der Waals surface area contributed by atoms with E-state index in [1.165, 1.54) is 37.3 Å². The topological polar surface area (TPSA) is 114 Å². The Morgan fingerprint density at radius 3 is 2.11 bits per heavy atom. The van der Waals surface area contributed by atoms with Crippen LogP contribution in [0.5, 0.6) is 17.2 Å². The number of hydrogen-bond donors (Lipinski definition) is 1. The van der Waals surface area contributed by atoms with Crippen molar-refractivity contribution in [1.82, 2.24) is 10.2 Å². The first-order valence-electron chi connectivity index (χ1n) is 14.2. The van der Waals surface area contributed by atoms with Gasteiger partial charge in [0, 0.05) is 24.2 Å². The van der Waals surface area contributed by atoms with Crippen molar-refractivity contribution in [2.75, 3.05) is 38.2 Å². The highest BCUT2D eigenvalue weighted by molar-refractivity contribution is 7.92. The Bertz CT molecular complexity index is 1510. The maximum Gasteiger partial charge on any atom is 0.264 e. The SMILES string of the molecule is CCOc1ccc(N(CC(=O)N(Cc2ccc(Cl)cc2)[C@@H](C)C(=O)NCC(C)C)S(=O)(=O)c2ccc(OC)c(OC)c2)cc1. The van der Waals surface area contributed by atoms with E-state index in [9.17, 15) is 18.0 Å². The first-order chi connectivity index (χ1) is 20.9. The molecular formula is C32H40ClN3O7S. The van der Waals surface area contributed by atoms with Crippen LogP contribution in [0.25, 0.3) is 0 Å². The minimum absolute atomic E-state index is 0.0553. The van der Waals surface area contributed by atoms with Crippen LogP contribution in [-0.2, 0) is 26.2 Å². The minimum Gasteiger partial charge on any atom is -0.494 e. The van der Waals surface area contributed by atoms with Crippen molar-refractivity contribution in [2.45, 2.75) is 45.2 Å². The molecule has 3 aromatic rings. The molecule has 0 spiro atoms. The number of anilines is 1. The Balaban J connectivity index is 2.06. The molecule has 3 aromatic carbocycles. The molecule has 12 heteroatoms. The first kappa shape index (κ1) is 34.5. The van der Waals surface area contributed by atoms with E-state index >= 15 is 0 Å². The van der Waals surface area contributed by atoms with E-state index in [0.29, 0.717) is 29.7 Å². The number of nitrogens with one attached hydrogen (secondary N) is 1. The van der Waals surface area contributed by atoms with Crippen LogP contribution in [0.1, 0.15) is 33.3 Å². The van der Waals surface area contributed by atoms with Gasteiger partial charge in [-0.25, -0.2) is 8.42 Å². The summed E-state index contributed by atoms with van der Waals surface area (Å²) >= 11 is 6.07. The Labute approximate surface area is 264 Å². The van der Waals surface area contributed by atoms with Gasteiger partial charge in [-0.2, -0.15) is 0 Å². The molecule has 0 heterocycles. The summed E-state index contributed by atoms with van der Waals surface area (Å²) in [6, 6.07) is 16.6. The summed E-state index contributed by atoms with van der Waals surface area (Å²) in [6.45, 7) is 7.73. The first-order valence-corrected chi connectivity index (χ1v) is 16.0. The van der Waals surface area contributed by atoms with Gasteiger partial charge in [-0.1, -0.05) is 37.6 Å². The highest BCUT2D eigenvalue weighted by Crippen LogP contribution is 2.33. The number of methoxy groups -OCH3 is 2. The monoisotopic (exact) mass is 645 g/mol. The Morgan fingerprint density at radius 2 is 1.55 bits per heavy atom. The summed E-state index contributed by atoms with van der Waals surface area (Å²) in [5.74, 6) is 0.387. The number of hydrogen-bond acceptors (Lipinski definition) is 7. The van der Waals surface area contributed by atoms with Gasteiger partial charge in [0.05, 0.1) is 31.4 Å². The molecule has 0 aliphatic rings. The minimum atomic E-state index is -4.32. The lowest BCUT2D eigenvalue weighted by molar-refractivity contribution is -0.139. The normalized spacial score (nSPS) is 11.9. The van der Waals surface area contributed by atoms with Crippen LogP contribution in [0.2, 0.25) is 5.02 Å². The van der Waals surface area contributed by atoms with Gasteiger partial charge in [-0.15, -0.1) is 0 Å². The van der Waals surface area contributed by atoms with Gasteiger partial charge in [0.2, 0.25) is 11.8 Å². The van der Waals surface area contributed by atoms with E-state index < -0.39 is 28.5 Å². The fraction of sp³-hybridized carbons (Fsp3) is 0.375. The molecule has 3 rings (SSSR count). The number of halogens is 1. The molecule has 238 valence electrons. The lowest BCUT2D eigenvalue weighted by Gasteiger charge is -2.32. The standard InChI is InChI=1S/C32H40ClN3O7S/c1-7-43-27-14-12-26(13-15-27)36(44(39,40)28-16-17-29(41-5)30(18-28)42-6)21-31(37)35(20-24-8-10-25(33)11-9-24)23(4)32(38)34-19-22(2)3/h8-18,22-23H,7,19-21H2,1-6H3,(H,34,38)/t23-/m0/s1. The highest BCUT2D eigenvalue weighted by atomic mass is 35.5. The van der Waals surface area contributed by atoms with Crippen molar-refractivity contribution >= 4 is 39.1 Å². The predicted molar refractivity (Wildman–Crippen MR) is 171 cm³/mol. The summed E-state index contributed by atoms with van der Waals surface area (Å²) in [6.07, 6.45) is 0. The fourth-order valence-electron chi connectivity index (χ4n) is 4.33. The number of amides is 2. The van der Waals surface area contributed by atoms with Crippen LogP contribution >= 0.6 is 11.6 Å². The molecule has 0 unspecified atom stereocenters. The van der Waals surface area contributed by atoms with Gasteiger partial charge in [0.25, 0.3) is 10.0 Å². The van der Waals surface area contributed by atoms with Crippen LogP contribution in [0.3, 0.4) is 0 Å². The smallest absolute Gasteiger partial charge is 0.264 e. The lowest BCUT2D eigenvalue weighted by Crippen LogP contribution is -2.51. The second kappa shape index (κ2) is 15.7. The highest BCUT2D eigenvalue weighted by Gasteiger charge is 2.33. The molecule has 0 saturated heterocycles. The molecule has 2 amide bonds. The molecule has 0 saturated carbocycles. The third kappa shape index (κ3) is 8.79. The molecule has 1 atom stereocenters. The summed E-state index contributed by atoms with van der Waals surface area (Å²) in [4.78, 5) is 28.5. The molecule has 0 bridgehead atoms. The Hall–Kier alpha value is -3.96.